The van der Waals surface area contributed by atoms with Crippen molar-refractivity contribution in [3.05, 3.63) is 28.8 Å². The molecule has 0 aromatic heterocycles. The summed E-state index contributed by atoms with van der Waals surface area (Å²) in [4.78, 5) is 17.8. The number of carbonyl (C=O) groups excluding carboxylic acids is 1. The predicted octanol–water partition coefficient (Wildman–Crippen LogP) is 5.95. The first-order chi connectivity index (χ1) is 16.4. The Hall–Kier alpha value is -1.81. The molecule has 1 amide bonds. The molecule has 0 N–H and O–H groups in total. The average molecular weight is 524 g/mol. The maximum absolute atomic E-state index is 13.7. The second-order valence-corrected chi connectivity index (χ2v) is 10.5. The molecule has 0 saturated carbocycles. The number of hydrogen-bond acceptors (Lipinski definition) is 4. The number of carbonyl (C=O) groups is 1. The quantitative estimate of drug-likeness (QED) is 0.457. The van der Waals surface area contributed by atoms with Crippen molar-refractivity contribution in [3.8, 4) is 0 Å². The first-order valence-corrected chi connectivity index (χ1v) is 12.4. The highest BCUT2D eigenvalue weighted by Gasteiger charge is 2.44. The minimum atomic E-state index is -4.58. The Bertz CT molecular complexity index is 911. The Morgan fingerprint density at radius 2 is 1.69 bits per heavy atom. The zero-order valence-electron chi connectivity index (χ0n) is 19.7. The fourth-order valence-electron chi connectivity index (χ4n) is 5.37. The van der Waals surface area contributed by atoms with Crippen LogP contribution in [0, 0.1) is 5.41 Å². The second kappa shape index (κ2) is 9.92. The molecule has 1 aromatic rings. The lowest BCUT2D eigenvalue weighted by atomic mass is 9.78. The molecule has 5 nitrogen and oxygen atoms in total. The number of rotatable bonds is 4. The standard InChI is InChI=1S/C24H31ClF5N3O2/c1-17(24(28,29)30)35-21(34)33-11-6-22(7-12-33)5-10-31(16-22)15-18-3-2-4-19(25)20(18)32-13-8-23(26,27)9-14-32/h2-4,17H,5-16H2,1H3. The van der Waals surface area contributed by atoms with Gasteiger partial charge < -0.3 is 14.5 Å². The molecule has 0 radical (unpaired) electrons. The molecule has 0 aliphatic carbocycles. The van der Waals surface area contributed by atoms with E-state index < -0.39 is 24.3 Å². The summed E-state index contributed by atoms with van der Waals surface area (Å²) in [5.41, 5.74) is 1.82. The van der Waals surface area contributed by atoms with Gasteiger partial charge in [-0.1, -0.05) is 23.7 Å². The van der Waals surface area contributed by atoms with E-state index in [1.54, 1.807) is 6.07 Å². The number of hydrogen-bond donors (Lipinski definition) is 0. The number of likely N-dealkylation sites (tertiary alicyclic amines) is 2. The highest BCUT2D eigenvalue weighted by molar-refractivity contribution is 6.33. The summed E-state index contributed by atoms with van der Waals surface area (Å²) in [7, 11) is 0. The maximum Gasteiger partial charge on any atom is 0.425 e. The molecule has 3 aliphatic rings. The van der Waals surface area contributed by atoms with Crippen molar-refractivity contribution in [1.29, 1.82) is 0 Å². The third kappa shape index (κ3) is 6.13. The van der Waals surface area contributed by atoms with Crippen molar-refractivity contribution in [2.75, 3.05) is 44.2 Å². The van der Waals surface area contributed by atoms with Crippen LogP contribution in [0.1, 0.15) is 44.6 Å². The van der Waals surface area contributed by atoms with Crippen molar-refractivity contribution >= 4 is 23.4 Å². The number of nitrogens with zero attached hydrogens (tertiary/aromatic N) is 3. The summed E-state index contributed by atoms with van der Waals surface area (Å²) in [5.74, 6) is -2.63. The van der Waals surface area contributed by atoms with Gasteiger partial charge in [-0.2, -0.15) is 13.2 Å². The molecular weight excluding hydrogens is 493 g/mol. The smallest absolute Gasteiger partial charge is 0.425 e. The van der Waals surface area contributed by atoms with Gasteiger partial charge in [0.15, 0.2) is 6.10 Å². The Labute approximate surface area is 207 Å². The lowest BCUT2D eigenvalue weighted by Gasteiger charge is -2.39. The van der Waals surface area contributed by atoms with E-state index in [2.05, 4.69) is 9.64 Å². The predicted molar refractivity (Wildman–Crippen MR) is 123 cm³/mol. The lowest BCUT2D eigenvalue weighted by Crippen LogP contribution is -2.46. The summed E-state index contributed by atoms with van der Waals surface area (Å²) in [6.45, 7) is 4.36. The molecule has 1 spiro atoms. The van der Waals surface area contributed by atoms with Crippen molar-refractivity contribution in [1.82, 2.24) is 9.80 Å². The van der Waals surface area contributed by atoms with Crippen LogP contribution in [-0.4, -0.2) is 73.4 Å². The number of alkyl halides is 5. The van der Waals surface area contributed by atoms with Crippen LogP contribution >= 0.6 is 11.6 Å². The van der Waals surface area contributed by atoms with Crippen LogP contribution in [0.4, 0.5) is 32.4 Å². The van der Waals surface area contributed by atoms with Crippen molar-refractivity contribution in [3.63, 3.8) is 0 Å². The van der Waals surface area contributed by atoms with E-state index >= 15 is 0 Å². The van der Waals surface area contributed by atoms with E-state index in [1.807, 2.05) is 17.0 Å². The molecule has 3 heterocycles. The van der Waals surface area contributed by atoms with Gasteiger partial charge in [-0.15, -0.1) is 0 Å². The summed E-state index contributed by atoms with van der Waals surface area (Å²) in [6, 6.07) is 5.64. The zero-order valence-corrected chi connectivity index (χ0v) is 20.5. The van der Waals surface area contributed by atoms with Gasteiger partial charge in [0.05, 0.1) is 10.7 Å². The SMILES string of the molecule is CC(OC(=O)N1CCC2(CCN(Cc3cccc(Cl)c3N3CCC(F)(F)CC3)C2)CC1)C(F)(F)F. The Morgan fingerprint density at radius 1 is 1.06 bits per heavy atom. The van der Waals surface area contributed by atoms with E-state index in [1.165, 1.54) is 4.90 Å². The number of ether oxygens (including phenoxy) is 1. The molecular formula is C24H31ClF5N3O2. The molecule has 196 valence electrons. The Balaban J connectivity index is 1.34. The van der Waals surface area contributed by atoms with Crippen LogP contribution < -0.4 is 4.90 Å². The Morgan fingerprint density at radius 3 is 2.31 bits per heavy atom. The van der Waals surface area contributed by atoms with Crippen molar-refractivity contribution in [2.45, 2.75) is 63.8 Å². The monoisotopic (exact) mass is 523 g/mol. The van der Waals surface area contributed by atoms with Crippen LogP contribution in [0.5, 0.6) is 0 Å². The van der Waals surface area contributed by atoms with E-state index in [4.69, 9.17) is 11.6 Å². The molecule has 1 unspecified atom stereocenters. The number of amides is 1. The molecule has 4 rings (SSSR count). The van der Waals surface area contributed by atoms with Crippen LogP contribution in [-0.2, 0) is 11.3 Å². The van der Waals surface area contributed by atoms with Gasteiger partial charge in [-0.3, -0.25) is 4.90 Å². The van der Waals surface area contributed by atoms with Gasteiger partial charge >= 0.3 is 12.3 Å². The summed E-state index contributed by atoms with van der Waals surface area (Å²) in [6.07, 6.45) is -5.68. The Kier molecular flexibility index (Phi) is 7.44. The third-order valence-corrected chi connectivity index (χ3v) is 7.92. The molecule has 1 aromatic carbocycles. The number of halogens is 6. The van der Waals surface area contributed by atoms with E-state index in [0.29, 0.717) is 37.5 Å². The largest absolute Gasteiger partial charge is 0.437 e. The first kappa shape index (κ1) is 26.3. The highest BCUT2D eigenvalue weighted by Crippen LogP contribution is 2.42. The van der Waals surface area contributed by atoms with Gasteiger partial charge in [0.25, 0.3) is 5.92 Å². The van der Waals surface area contributed by atoms with Gasteiger partial charge in [-0.25, -0.2) is 13.6 Å². The van der Waals surface area contributed by atoms with Gasteiger partial charge in [-0.05, 0) is 49.8 Å². The summed E-state index contributed by atoms with van der Waals surface area (Å²) >= 11 is 6.50. The lowest BCUT2D eigenvalue weighted by molar-refractivity contribution is -0.200. The normalized spacial score (nSPS) is 23.5. The minimum absolute atomic E-state index is 0.00164. The zero-order chi connectivity index (χ0) is 25.4. The molecule has 11 heteroatoms. The molecule has 3 fully saturated rings. The number of piperidine rings is 2. The van der Waals surface area contributed by atoms with Crippen LogP contribution in [0.25, 0.3) is 0 Å². The van der Waals surface area contributed by atoms with Crippen LogP contribution in [0.3, 0.4) is 0 Å². The van der Waals surface area contributed by atoms with Crippen molar-refractivity contribution < 1.29 is 31.5 Å². The third-order valence-electron chi connectivity index (χ3n) is 7.61. The molecule has 0 bridgehead atoms. The van der Waals surface area contributed by atoms with Gasteiger partial charge in [0.2, 0.25) is 0 Å². The molecule has 1 atom stereocenters. The van der Waals surface area contributed by atoms with Crippen LogP contribution in [0.2, 0.25) is 5.02 Å². The maximum atomic E-state index is 13.7. The van der Waals surface area contributed by atoms with E-state index in [9.17, 15) is 26.7 Å². The average Bonchev–Trinajstić information content (AvgIpc) is 3.16. The fraction of sp³-hybridized carbons (Fsp3) is 0.708. The molecule has 3 saturated heterocycles. The number of benzene rings is 1. The molecule has 35 heavy (non-hydrogen) atoms. The van der Waals surface area contributed by atoms with E-state index in [0.717, 1.165) is 37.7 Å². The number of anilines is 1. The minimum Gasteiger partial charge on any atom is -0.437 e. The van der Waals surface area contributed by atoms with Gasteiger partial charge in [0.1, 0.15) is 0 Å². The number of para-hydroxylation sites is 1. The summed E-state index contributed by atoms with van der Waals surface area (Å²) < 4.78 is 70.0. The molecule has 3 aliphatic heterocycles. The second-order valence-electron chi connectivity index (χ2n) is 10.1. The van der Waals surface area contributed by atoms with E-state index in [-0.39, 0.29) is 31.3 Å². The highest BCUT2D eigenvalue weighted by atomic mass is 35.5. The first-order valence-electron chi connectivity index (χ1n) is 12.0. The summed E-state index contributed by atoms with van der Waals surface area (Å²) in [5, 5.41) is 0.557. The van der Waals surface area contributed by atoms with Crippen molar-refractivity contribution in [2.24, 2.45) is 5.41 Å². The fourth-order valence-corrected chi connectivity index (χ4v) is 5.68. The topological polar surface area (TPSA) is 36.0 Å². The van der Waals surface area contributed by atoms with Crippen LogP contribution in [0.15, 0.2) is 18.2 Å². The van der Waals surface area contributed by atoms with Gasteiger partial charge in [0, 0.05) is 52.1 Å².